The highest BCUT2D eigenvalue weighted by Gasteiger charge is 2.30. The van der Waals surface area contributed by atoms with E-state index in [-0.39, 0.29) is 17.9 Å². The average molecular weight is 464 g/mol. The lowest BCUT2D eigenvalue weighted by Crippen LogP contribution is -2.52. The standard InChI is InChI=1S/C24H27F3N2O4/c25-24(26,27)20-4-1-3-18(15-20)16-21(30)11-13-28-12-2-5-22(31)29(28)14-10-17-6-8-19(9-7-17)23(32)33/h1,3-4,6-9,15,21,30H,2,5,10-14,16H2,(H,32,33). The molecule has 3 rings (SSSR count). The van der Waals surface area contributed by atoms with E-state index in [2.05, 4.69) is 0 Å². The number of aliphatic hydroxyl groups is 1. The Morgan fingerprint density at radius 3 is 2.45 bits per heavy atom. The molecule has 0 saturated carbocycles. The predicted molar refractivity (Wildman–Crippen MR) is 115 cm³/mol. The van der Waals surface area contributed by atoms with Crippen molar-refractivity contribution >= 4 is 11.9 Å². The molecule has 0 aromatic heterocycles. The first-order chi connectivity index (χ1) is 15.6. The number of aromatic carboxylic acids is 1. The Balaban J connectivity index is 1.55. The van der Waals surface area contributed by atoms with E-state index in [0.717, 1.165) is 17.7 Å². The lowest BCUT2D eigenvalue weighted by molar-refractivity contribution is -0.156. The second-order valence-electron chi connectivity index (χ2n) is 8.17. The molecule has 1 aliphatic rings. The van der Waals surface area contributed by atoms with Gasteiger partial charge in [-0.05, 0) is 55.0 Å². The molecule has 1 aliphatic heterocycles. The van der Waals surface area contributed by atoms with Crippen LogP contribution in [0.3, 0.4) is 0 Å². The smallest absolute Gasteiger partial charge is 0.416 e. The predicted octanol–water partition coefficient (Wildman–Crippen LogP) is 3.78. The van der Waals surface area contributed by atoms with Crippen LogP contribution in [0.4, 0.5) is 13.2 Å². The van der Waals surface area contributed by atoms with Gasteiger partial charge in [0.05, 0.1) is 17.2 Å². The highest BCUT2D eigenvalue weighted by atomic mass is 19.4. The van der Waals surface area contributed by atoms with E-state index < -0.39 is 23.8 Å². The molecule has 178 valence electrons. The second kappa shape index (κ2) is 10.8. The zero-order valence-electron chi connectivity index (χ0n) is 18.1. The van der Waals surface area contributed by atoms with Crippen LogP contribution in [0.25, 0.3) is 0 Å². The molecule has 0 aliphatic carbocycles. The number of nitrogens with zero attached hydrogens (tertiary/aromatic N) is 2. The van der Waals surface area contributed by atoms with Crippen LogP contribution < -0.4 is 0 Å². The number of alkyl halides is 3. The molecule has 2 aromatic rings. The van der Waals surface area contributed by atoms with Gasteiger partial charge in [-0.1, -0.05) is 30.3 Å². The molecule has 1 heterocycles. The average Bonchev–Trinajstić information content (AvgIpc) is 2.77. The van der Waals surface area contributed by atoms with E-state index in [1.54, 1.807) is 23.2 Å². The molecule has 2 N–H and O–H groups in total. The van der Waals surface area contributed by atoms with E-state index in [1.165, 1.54) is 18.2 Å². The van der Waals surface area contributed by atoms with Gasteiger partial charge in [0.1, 0.15) is 0 Å². The fourth-order valence-electron chi connectivity index (χ4n) is 3.91. The monoisotopic (exact) mass is 464 g/mol. The molecule has 1 fully saturated rings. The lowest BCUT2D eigenvalue weighted by atomic mass is 10.0. The number of amides is 1. The third-order valence-corrected chi connectivity index (χ3v) is 5.70. The summed E-state index contributed by atoms with van der Waals surface area (Å²) in [5.41, 5.74) is 0.775. The number of halogens is 3. The fraction of sp³-hybridized carbons (Fsp3) is 0.417. The van der Waals surface area contributed by atoms with Crippen LogP contribution in [-0.2, 0) is 23.8 Å². The van der Waals surface area contributed by atoms with Crippen LogP contribution in [0.1, 0.15) is 46.3 Å². The van der Waals surface area contributed by atoms with Crippen molar-refractivity contribution in [2.45, 2.75) is 44.4 Å². The molecule has 0 bridgehead atoms. The van der Waals surface area contributed by atoms with Gasteiger partial charge in [-0.25, -0.2) is 9.80 Å². The quantitative estimate of drug-likeness (QED) is 0.591. The van der Waals surface area contributed by atoms with Crippen LogP contribution in [0.5, 0.6) is 0 Å². The van der Waals surface area contributed by atoms with Crippen molar-refractivity contribution in [1.82, 2.24) is 10.0 Å². The van der Waals surface area contributed by atoms with E-state index >= 15 is 0 Å². The van der Waals surface area contributed by atoms with Crippen LogP contribution >= 0.6 is 0 Å². The molecule has 9 heteroatoms. The minimum atomic E-state index is -4.43. The molecular weight excluding hydrogens is 437 g/mol. The van der Waals surface area contributed by atoms with E-state index in [0.29, 0.717) is 50.9 Å². The van der Waals surface area contributed by atoms with Gasteiger partial charge in [-0.2, -0.15) is 13.2 Å². The molecule has 1 saturated heterocycles. The summed E-state index contributed by atoms with van der Waals surface area (Å²) in [7, 11) is 0. The number of carbonyl (C=O) groups excluding carboxylic acids is 1. The number of carbonyl (C=O) groups is 2. The Hall–Kier alpha value is -2.91. The summed E-state index contributed by atoms with van der Waals surface area (Å²) in [5.74, 6) is -1.02. The number of carboxylic acids is 1. The van der Waals surface area contributed by atoms with Crippen molar-refractivity contribution in [3.05, 3.63) is 70.8 Å². The van der Waals surface area contributed by atoms with Gasteiger partial charge in [0.25, 0.3) is 0 Å². The number of carboxylic acid groups (broad SMARTS) is 1. The van der Waals surface area contributed by atoms with Crippen molar-refractivity contribution < 1.29 is 33.0 Å². The summed E-state index contributed by atoms with van der Waals surface area (Å²) in [5, 5.41) is 22.9. The number of hydrogen-bond acceptors (Lipinski definition) is 4. The van der Waals surface area contributed by atoms with Gasteiger partial charge < -0.3 is 10.2 Å². The van der Waals surface area contributed by atoms with Gasteiger partial charge in [0.2, 0.25) is 5.91 Å². The zero-order valence-corrected chi connectivity index (χ0v) is 18.1. The Kier molecular flexibility index (Phi) is 8.10. The SMILES string of the molecule is O=C(O)c1ccc(CCN2C(=O)CCCN2CCC(O)Cc2cccc(C(F)(F)F)c2)cc1. The first kappa shape index (κ1) is 24.7. The summed E-state index contributed by atoms with van der Waals surface area (Å²) in [6.07, 6.45) is -3.17. The number of aliphatic hydroxyl groups excluding tert-OH is 1. The Labute approximate surface area is 190 Å². The molecule has 1 unspecified atom stereocenters. The summed E-state index contributed by atoms with van der Waals surface area (Å²) >= 11 is 0. The second-order valence-corrected chi connectivity index (χ2v) is 8.17. The molecule has 6 nitrogen and oxygen atoms in total. The maximum absolute atomic E-state index is 12.9. The number of benzene rings is 2. The summed E-state index contributed by atoms with van der Waals surface area (Å²) in [6.45, 7) is 1.48. The molecule has 2 aromatic carbocycles. The third-order valence-electron chi connectivity index (χ3n) is 5.70. The highest BCUT2D eigenvalue weighted by molar-refractivity contribution is 5.87. The molecule has 0 spiro atoms. The van der Waals surface area contributed by atoms with Gasteiger partial charge in [-0.3, -0.25) is 9.80 Å². The van der Waals surface area contributed by atoms with E-state index in [1.807, 2.05) is 5.01 Å². The molecular formula is C24H27F3N2O4. The Bertz CT molecular complexity index is 963. The highest BCUT2D eigenvalue weighted by Crippen LogP contribution is 2.29. The minimum Gasteiger partial charge on any atom is -0.478 e. The zero-order chi connectivity index (χ0) is 24.0. The summed E-state index contributed by atoms with van der Waals surface area (Å²) < 4.78 is 38.7. The molecule has 33 heavy (non-hydrogen) atoms. The van der Waals surface area contributed by atoms with E-state index in [4.69, 9.17) is 5.11 Å². The van der Waals surface area contributed by atoms with E-state index in [9.17, 15) is 27.9 Å². The summed E-state index contributed by atoms with van der Waals surface area (Å²) in [6, 6.07) is 11.4. The Morgan fingerprint density at radius 2 is 1.79 bits per heavy atom. The van der Waals surface area contributed by atoms with Gasteiger partial charge in [-0.15, -0.1) is 0 Å². The number of hydrazine groups is 1. The minimum absolute atomic E-state index is 0.0178. The van der Waals surface area contributed by atoms with Gasteiger partial charge >= 0.3 is 12.1 Å². The normalized spacial score (nSPS) is 16.1. The largest absolute Gasteiger partial charge is 0.478 e. The maximum Gasteiger partial charge on any atom is 0.416 e. The number of rotatable bonds is 9. The van der Waals surface area contributed by atoms with Crippen molar-refractivity contribution in [2.75, 3.05) is 19.6 Å². The topological polar surface area (TPSA) is 81.1 Å². The van der Waals surface area contributed by atoms with Crippen LogP contribution in [0, 0.1) is 0 Å². The first-order valence-corrected chi connectivity index (χ1v) is 10.8. The van der Waals surface area contributed by atoms with Gasteiger partial charge in [0, 0.05) is 26.1 Å². The van der Waals surface area contributed by atoms with Gasteiger partial charge in [0.15, 0.2) is 0 Å². The van der Waals surface area contributed by atoms with Crippen molar-refractivity contribution in [1.29, 1.82) is 0 Å². The fourth-order valence-corrected chi connectivity index (χ4v) is 3.91. The third kappa shape index (κ3) is 7.03. The van der Waals surface area contributed by atoms with Crippen LogP contribution in [-0.4, -0.2) is 57.8 Å². The van der Waals surface area contributed by atoms with Crippen LogP contribution in [0.15, 0.2) is 48.5 Å². The number of hydrogen-bond donors (Lipinski definition) is 2. The maximum atomic E-state index is 12.9. The van der Waals surface area contributed by atoms with Crippen molar-refractivity contribution in [3.8, 4) is 0 Å². The summed E-state index contributed by atoms with van der Waals surface area (Å²) in [4.78, 5) is 23.5. The molecule has 1 atom stereocenters. The molecule has 0 radical (unpaired) electrons. The van der Waals surface area contributed by atoms with Crippen molar-refractivity contribution in [3.63, 3.8) is 0 Å². The first-order valence-electron chi connectivity index (χ1n) is 10.8. The Morgan fingerprint density at radius 1 is 1.06 bits per heavy atom. The van der Waals surface area contributed by atoms with Crippen LogP contribution in [0.2, 0.25) is 0 Å². The van der Waals surface area contributed by atoms with Crippen molar-refractivity contribution in [2.24, 2.45) is 0 Å². The lowest BCUT2D eigenvalue weighted by Gasteiger charge is -2.39. The molecule has 1 amide bonds.